The van der Waals surface area contributed by atoms with Gasteiger partial charge in [0.15, 0.2) is 11.6 Å². The molecule has 174 valence electrons. The van der Waals surface area contributed by atoms with Crippen molar-refractivity contribution in [2.75, 3.05) is 26.4 Å². The van der Waals surface area contributed by atoms with Crippen molar-refractivity contribution < 1.29 is 46.0 Å². The molecule has 1 saturated heterocycles. The standard InChI is InChI=1S/C22H22F4O6/c23-19-12-17(8-9-20(19)32-22(24,25)26)31-21(27)15-4-6-16(7-5-15)29-11-3-1-2-10-28-13-18-14-30-18/h4-9,12,18H,1-3,10-11,13-14H2. The summed E-state index contributed by atoms with van der Waals surface area (Å²) in [7, 11) is 0. The molecule has 0 spiro atoms. The number of unbranched alkanes of at least 4 members (excludes halogenated alkanes) is 2. The van der Waals surface area contributed by atoms with Crippen molar-refractivity contribution in [1.82, 2.24) is 0 Å². The van der Waals surface area contributed by atoms with Gasteiger partial charge in [-0.15, -0.1) is 13.2 Å². The van der Waals surface area contributed by atoms with Gasteiger partial charge in [-0.1, -0.05) is 0 Å². The molecule has 0 amide bonds. The molecular formula is C22H22F4O6. The number of esters is 1. The van der Waals surface area contributed by atoms with E-state index < -0.39 is 23.9 Å². The van der Waals surface area contributed by atoms with E-state index in [-0.39, 0.29) is 17.4 Å². The van der Waals surface area contributed by atoms with Crippen LogP contribution in [0.3, 0.4) is 0 Å². The van der Waals surface area contributed by atoms with E-state index in [9.17, 15) is 22.4 Å². The van der Waals surface area contributed by atoms with E-state index in [0.29, 0.717) is 31.6 Å². The van der Waals surface area contributed by atoms with Gasteiger partial charge in [0.25, 0.3) is 0 Å². The van der Waals surface area contributed by atoms with E-state index in [2.05, 4.69) is 4.74 Å². The minimum absolute atomic E-state index is 0.171. The van der Waals surface area contributed by atoms with Crippen molar-refractivity contribution >= 4 is 5.97 Å². The van der Waals surface area contributed by atoms with Crippen molar-refractivity contribution in [2.45, 2.75) is 31.7 Å². The Balaban J connectivity index is 1.38. The number of ether oxygens (including phenoxy) is 5. The molecule has 0 aliphatic carbocycles. The van der Waals surface area contributed by atoms with Gasteiger partial charge in [0, 0.05) is 12.7 Å². The lowest BCUT2D eigenvalue weighted by atomic mass is 10.2. The van der Waals surface area contributed by atoms with Crippen molar-refractivity contribution in [3.8, 4) is 17.2 Å². The maximum Gasteiger partial charge on any atom is 0.573 e. The van der Waals surface area contributed by atoms with Crippen molar-refractivity contribution in [3.63, 3.8) is 0 Å². The van der Waals surface area contributed by atoms with E-state index >= 15 is 0 Å². The number of epoxide rings is 1. The third-order valence-corrected chi connectivity index (χ3v) is 4.34. The Morgan fingerprint density at radius 3 is 2.34 bits per heavy atom. The number of carbonyl (C=O) groups excluding carboxylic acids is 1. The summed E-state index contributed by atoms with van der Waals surface area (Å²) in [6.07, 6.45) is -2.00. The molecule has 0 radical (unpaired) electrons. The summed E-state index contributed by atoms with van der Waals surface area (Å²) in [6.45, 7) is 2.65. The molecule has 0 N–H and O–H groups in total. The highest BCUT2D eigenvalue weighted by atomic mass is 19.4. The maximum atomic E-state index is 13.7. The molecule has 10 heteroatoms. The summed E-state index contributed by atoms with van der Waals surface area (Å²) in [5, 5.41) is 0. The second-order valence-electron chi connectivity index (χ2n) is 6.99. The summed E-state index contributed by atoms with van der Waals surface area (Å²) in [5.74, 6) is -2.80. The van der Waals surface area contributed by atoms with Crippen LogP contribution in [-0.2, 0) is 9.47 Å². The molecule has 2 aromatic carbocycles. The van der Waals surface area contributed by atoms with Gasteiger partial charge in [-0.2, -0.15) is 0 Å². The fourth-order valence-electron chi connectivity index (χ4n) is 2.66. The van der Waals surface area contributed by atoms with E-state index in [1.54, 1.807) is 12.1 Å². The molecule has 32 heavy (non-hydrogen) atoms. The lowest BCUT2D eigenvalue weighted by molar-refractivity contribution is -0.275. The molecular weight excluding hydrogens is 436 g/mol. The number of hydrogen-bond acceptors (Lipinski definition) is 6. The maximum absolute atomic E-state index is 13.7. The van der Waals surface area contributed by atoms with Crippen molar-refractivity contribution in [2.24, 2.45) is 0 Å². The Morgan fingerprint density at radius 2 is 1.69 bits per heavy atom. The summed E-state index contributed by atoms with van der Waals surface area (Å²) < 4.78 is 74.9. The highest BCUT2D eigenvalue weighted by Gasteiger charge is 2.32. The zero-order valence-electron chi connectivity index (χ0n) is 17.0. The van der Waals surface area contributed by atoms with Gasteiger partial charge in [-0.05, 0) is 55.7 Å². The molecule has 6 nitrogen and oxygen atoms in total. The zero-order valence-corrected chi connectivity index (χ0v) is 17.0. The Morgan fingerprint density at radius 1 is 1.00 bits per heavy atom. The number of carbonyl (C=O) groups is 1. The summed E-state index contributed by atoms with van der Waals surface area (Å²) in [5.41, 5.74) is 0.171. The Kier molecular flexibility index (Phi) is 8.29. The van der Waals surface area contributed by atoms with Crippen LogP contribution in [0.25, 0.3) is 0 Å². The predicted octanol–water partition coefficient (Wildman–Crippen LogP) is 4.91. The van der Waals surface area contributed by atoms with E-state index in [1.165, 1.54) is 12.1 Å². The minimum atomic E-state index is -5.03. The molecule has 1 aliphatic rings. The van der Waals surface area contributed by atoms with Crippen LogP contribution in [0.2, 0.25) is 0 Å². The molecule has 0 aromatic heterocycles. The topological polar surface area (TPSA) is 66.5 Å². The lowest BCUT2D eigenvalue weighted by Gasteiger charge is -2.11. The van der Waals surface area contributed by atoms with Crippen molar-refractivity contribution in [3.05, 3.63) is 53.8 Å². The fourth-order valence-corrected chi connectivity index (χ4v) is 2.66. The molecule has 1 fully saturated rings. The van der Waals surface area contributed by atoms with Crippen LogP contribution in [0.1, 0.15) is 29.6 Å². The largest absolute Gasteiger partial charge is 0.573 e. The minimum Gasteiger partial charge on any atom is -0.494 e. The first-order valence-corrected chi connectivity index (χ1v) is 10.00. The monoisotopic (exact) mass is 458 g/mol. The quantitative estimate of drug-likeness (QED) is 0.148. The van der Waals surface area contributed by atoms with Gasteiger partial charge >= 0.3 is 12.3 Å². The molecule has 1 aliphatic heterocycles. The second kappa shape index (κ2) is 11.1. The van der Waals surface area contributed by atoms with Gasteiger partial charge in [0.1, 0.15) is 17.6 Å². The van der Waals surface area contributed by atoms with Crippen LogP contribution in [0.4, 0.5) is 17.6 Å². The molecule has 1 atom stereocenters. The van der Waals surface area contributed by atoms with Gasteiger partial charge < -0.3 is 23.7 Å². The average molecular weight is 458 g/mol. The van der Waals surface area contributed by atoms with Crippen LogP contribution in [0, 0.1) is 5.82 Å². The molecule has 0 saturated carbocycles. The average Bonchev–Trinajstić information content (AvgIpc) is 3.56. The number of hydrogen-bond donors (Lipinski definition) is 0. The van der Waals surface area contributed by atoms with Crippen molar-refractivity contribution in [1.29, 1.82) is 0 Å². The van der Waals surface area contributed by atoms with Crippen LogP contribution >= 0.6 is 0 Å². The number of benzene rings is 2. The highest BCUT2D eigenvalue weighted by Crippen LogP contribution is 2.28. The predicted molar refractivity (Wildman–Crippen MR) is 104 cm³/mol. The van der Waals surface area contributed by atoms with E-state index in [4.69, 9.17) is 18.9 Å². The normalized spacial score (nSPS) is 15.3. The third kappa shape index (κ3) is 8.35. The summed E-state index contributed by atoms with van der Waals surface area (Å²) >= 11 is 0. The fraction of sp³-hybridized carbons (Fsp3) is 0.409. The molecule has 1 unspecified atom stereocenters. The van der Waals surface area contributed by atoms with Crippen LogP contribution < -0.4 is 14.2 Å². The van der Waals surface area contributed by atoms with Gasteiger partial charge in [-0.25, -0.2) is 9.18 Å². The summed E-state index contributed by atoms with van der Waals surface area (Å²) in [6, 6.07) is 8.51. The second-order valence-corrected chi connectivity index (χ2v) is 6.99. The Hall–Kier alpha value is -2.85. The summed E-state index contributed by atoms with van der Waals surface area (Å²) in [4.78, 5) is 12.2. The molecule has 0 bridgehead atoms. The van der Waals surface area contributed by atoms with Gasteiger partial charge in [-0.3, -0.25) is 0 Å². The van der Waals surface area contributed by atoms with E-state index in [0.717, 1.165) is 38.0 Å². The highest BCUT2D eigenvalue weighted by molar-refractivity contribution is 5.91. The molecule has 2 aromatic rings. The van der Waals surface area contributed by atoms with Gasteiger partial charge in [0.2, 0.25) is 0 Å². The number of halogens is 4. The number of rotatable bonds is 12. The Labute approximate surface area is 182 Å². The molecule has 1 heterocycles. The first-order valence-electron chi connectivity index (χ1n) is 10.00. The van der Waals surface area contributed by atoms with Crippen LogP contribution in [-0.4, -0.2) is 44.9 Å². The third-order valence-electron chi connectivity index (χ3n) is 4.34. The first-order chi connectivity index (χ1) is 15.3. The number of alkyl halides is 3. The van der Waals surface area contributed by atoms with Crippen LogP contribution in [0.5, 0.6) is 17.2 Å². The Bertz CT molecular complexity index is 881. The lowest BCUT2D eigenvalue weighted by Crippen LogP contribution is -2.18. The van der Waals surface area contributed by atoms with E-state index in [1.807, 2.05) is 0 Å². The smallest absolute Gasteiger partial charge is 0.494 e. The van der Waals surface area contributed by atoms with Crippen LogP contribution in [0.15, 0.2) is 42.5 Å². The zero-order chi connectivity index (χ0) is 23.0. The van der Waals surface area contributed by atoms with Gasteiger partial charge in [0.05, 0.1) is 25.4 Å². The first kappa shape index (κ1) is 23.8. The SMILES string of the molecule is O=C(Oc1ccc(OC(F)(F)F)c(F)c1)c1ccc(OCCCCCOCC2CO2)cc1. The molecule has 3 rings (SSSR count).